The summed E-state index contributed by atoms with van der Waals surface area (Å²) in [6.45, 7) is 2.56. The molecule has 2 fully saturated rings. The Morgan fingerprint density at radius 1 is 1.27 bits per heavy atom. The van der Waals surface area contributed by atoms with Crippen LogP contribution in [-0.2, 0) is 10.0 Å². The van der Waals surface area contributed by atoms with E-state index in [2.05, 4.69) is 0 Å². The number of hydrogen-bond donors (Lipinski definition) is 1. The zero-order valence-corrected chi connectivity index (χ0v) is 14.4. The fraction of sp³-hybridized carbons (Fsp3) is 0.667. The van der Waals surface area contributed by atoms with Crippen molar-refractivity contribution in [3.05, 3.63) is 16.5 Å². The number of fused-ring (bicyclic) bond motifs is 1. The van der Waals surface area contributed by atoms with E-state index >= 15 is 0 Å². The van der Waals surface area contributed by atoms with Gasteiger partial charge in [0, 0.05) is 12.6 Å². The molecule has 2 N–H and O–H groups in total. The van der Waals surface area contributed by atoms with Crippen LogP contribution in [0.2, 0.25) is 0 Å². The van der Waals surface area contributed by atoms with E-state index in [1.54, 1.807) is 6.92 Å². The van der Waals surface area contributed by atoms with Crippen molar-refractivity contribution in [2.24, 2.45) is 11.1 Å². The monoisotopic (exact) mass is 342 g/mol. The summed E-state index contributed by atoms with van der Waals surface area (Å²) in [7, 11) is -3.74. The Bertz CT molecular complexity index is 679. The van der Waals surface area contributed by atoms with Gasteiger partial charge in [0.25, 0.3) is 5.91 Å². The number of sulfonamides is 1. The van der Waals surface area contributed by atoms with Crippen molar-refractivity contribution in [2.45, 2.75) is 55.7 Å². The second-order valence-corrected chi connectivity index (χ2v) is 9.22. The SMILES string of the molecule is Cc1cc(S(N)(=O)=O)sc1C(=O)N1CCC[C@@H]2CCCC[C@@H]21. The summed E-state index contributed by atoms with van der Waals surface area (Å²) < 4.78 is 23.1. The zero-order chi connectivity index (χ0) is 15.9. The lowest BCUT2D eigenvalue weighted by atomic mass is 9.78. The quantitative estimate of drug-likeness (QED) is 0.896. The highest BCUT2D eigenvalue weighted by atomic mass is 32.2. The molecule has 5 nitrogen and oxygen atoms in total. The molecular weight excluding hydrogens is 320 g/mol. The van der Waals surface area contributed by atoms with Crippen LogP contribution in [0.5, 0.6) is 0 Å². The number of aryl methyl sites for hydroxylation is 1. The van der Waals surface area contributed by atoms with E-state index in [1.165, 1.54) is 31.7 Å². The van der Waals surface area contributed by atoms with Gasteiger partial charge in [-0.25, -0.2) is 13.6 Å². The van der Waals surface area contributed by atoms with Gasteiger partial charge in [-0.3, -0.25) is 4.79 Å². The predicted octanol–water partition coefficient (Wildman–Crippen LogP) is 2.50. The number of piperidine rings is 1. The highest BCUT2D eigenvalue weighted by molar-refractivity contribution is 7.91. The molecule has 3 rings (SSSR count). The van der Waals surface area contributed by atoms with Crippen molar-refractivity contribution in [3.8, 4) is 0 Å². The van der Waals surface area contributed by atoms with E-state index in [0.29, 0.717) is 22.4 Å². The maximum Gasteiger partial charge on any atom is 0.264 e. The number of likely N-dealkylation sites (tertiary alicyclic amines) is 1. The Labute approximate surface area is 135 Å². The van der Waals surface area contributed by atoms with E-state index in [-0.39, 0.29) is 10.1 Å². The molecule has 0 aromatic carbocycles. The second kappa shape index (κ2) is 5.94. The van der Waals surface area contributed by atoms with Gasteiger partial charge in [0.15, 0.2) is 0 Å². The molecule has 1 aromatic rings. The summed E-state index contributed by atoms with van der Waals surface area (Å²) in [6, 6.07) is 1.84. The van der Waals surface area contributed by atoms with Crippen LogP contribution < -0.4 is 5.14 Å². The van der Waals surface area contributed by atoms with Crippen LogP contribution in [0.3, 0.4) is 0 Å². The number of hydrogen-bond acceptors (Lipinski definition) is 4. The summed E-state index contributed by atoms with van der Waals surface area (Å²) in [5.74, 6) is 0.596. The summed E-state index contributed by atoms with van der Waals surface area (Å²) in [4.78, 5) is 15.4. The molecule has 1 saturated carbocycles. The first-order valence-electron chi connectivity index (χ1n) is 7.82. The first-order valence-corrected chi connectivity index (χ1v) is 10.2. The Morgan fingerprint density at radius 2 is 1.95 bits per heavy atom. The molecule has 1 amide bonds. The predicted molar refractivity (Wildman–Crippen MR) is 86.4 cm³/mol. The van der Waals surface area contributed by atoms with Crippen molar-refractivity contribution >= 4 is 27.3 Å². The molecule has 0 radical (unpaired) electrons. The van der Waals surface area contributed by atoms with Crippen molar-refractivity contribution in [1.29, 1.82) is 0 Å². The molecule has 0 bridgehead atoms. The molecule has 122 valence electrons. The highest BCUT2D eigenvalue weighted by Gasteiger charge is 2.37. The van der Waals surface area contributed by atoms with Crippen molar-refractivity contribution in [1.82, 2.24) is 4.90 Å². The number of rotatable bonds is 2. The smallest absolute Gasteiger partial charge is 0.264 e. The second-order valence-electron chi connectivity index (χ2n) is 6.38. The van der Waals surface area contributed by atoms with Gasteiger partial charge in [-0.2, -0.15) is 0 Å². The third-order valence-electron chi connectivity index (χ3n) is 4.87. The summed E-state index contributed by atoms with van der Waals surface area (Å²) in [5, 5.41) is 5.18. The molecule has 2 atom stereocenters. The van der Waals surface area contributed by atoms with E-state index < -0.39 is 10.0 Å². The first kappa shape index (κ1) is 16.0. The number of nitrogens with zero attached hydrogens (tertiary/aromatic N) is 1. The van der Waals surface area contributed by atoms with E-state index in [1.807, 2.05) is 4.90 Å². The Hall–Kier alpha value is -0.920. The molecule has 2 aliphatic rings. The molecule has 22 heavy (non-hydrogen) atoms. The van der Waals surface area contributed by atoms with Gasteiger partial charge in [0.2, 0.25) is 10.0 Å². The maximum atomic E-state index is 12.9. The van der Waals surface area contributed by atoms with Crippen LogP contribution in [0, 0.1) is 12.8 Å². The molecule has 1 aromatic heterocycles. The Kier molecular flexibility index (Phi) is 4.31. The van der Waals surface area contributed by atoms with Crippen molar-refractivity contribution in [3.63, 3.8) is 0 Å². The Balaban J connectivity index is 1.88. The molecule has 2 heterocycles. The minimum Gasteiger partial charge on any atom is -0.335 e. The molecule has 0 spiro atoms. The lowest BCUT2D eigenvalue weighted by Crippen LogP contribution is -2.49. The molecule has 7 heteroatoms. The van der Waals surface area contributed by atoms with Crippen LogP contribution >= 0.6 is 11.3 Å². The third-order valence-corrected chi connectivity index (χ3v) is 7.52. The summed E-state index contributed by atoms with van der Waals surface area (Å²) in [5.41, 5.74) is 0.706. The van der Waals surface area contributed by atoms with Crippen molar-refractivity contribution < 1.29 is 13.2 Å². The number of primary sulfonamides is 1. The van der Waals surface area contributed by atoms with Gasteiger partial charge in [-0.1, -0.05) is 12.8 Å². The largest absolute Gasteiger partial charge is 0.335 e. The topological polar surface area (TPSA) is 80.5 Å². The minimum atomic E-state index is -3.74. The average molecular weight is 342 g/mol. The van der Waals surface area contributed by atoms with Crippen LogP contribution in [0.1, 0.15) is 53.8 Å². The normalized spacial score (nSPS) is 25.8. The lowest BCUT2D eigenvalue weighted by Gasteiger charge is -2.44. The maximum absolute atomic E-state index is 12.9. The summed E-state index contributed by atoms with van der Waals surface area (Å²) in [6.07, 6.45) is 6.97. The number of amides is 1. The molecule has 0 unspecified atom stereocenters. The zero-order valence-electron chi connectivity index (χ0n) is 12.7. The third kappa shape index (κ3) is 2.94. The number of nitrogens with two attached hydrogens (primary N) is 1. The van der Waals surface area contributed by atoms with Gasteiger partial charge >= 0.3 is 0 Å². The fourth-order valence-corrected chi connectivity index (χ4v) is 5.73. The van der Waals surface area contributed by atoms with Gasteiger partial charge < -0.3 is 4.90 Å². The van der Waals surface area contributed by atoms with E-state index in [4.69, 9.17) is 5.14 Å². The van der Waals surface area contributed by atoms with Gasteiger partial charge in [0.1, 0.15) is 4.21 Å². The fourth-order valence-electron chi connectivity index (χ4n) is 3.81. The van der Waals surface area contributed by atoms with Crippen LogP contribution in [-0.4, -0.2) is 31.8 Å². The average Bonchev–Trinajstić information content (AvgIpc) is 2.88. The Morgan fingerprint density at radius 3 is 2.64 bits per heavy atom. The minimum absolute atomic E-state index is 0.0194. The lowest BCUT2D eigenvalue weighted by molar-refractivity contribution is 0.0394. The van der Waals surface area contributed by atoms with Gasteiger partial charge in [-0.15, -0.1) is 11.3 Å². The molecule has 1 aliphatic carbocycles. The number of carbonyl (C=O) groups excluding carboxylic acids is 1. The van der Waals surface area contributed by atoms with Crippen LogP contribution in [0.25, 0.3) is 0 Å². The van der Waals surface area contributed by atoms with Gasteiger partial charge in [-0.05, 0) is 50.2 Å². The molecule has 1 saturated heterocycles. The number of carbonyl (C=O) groups is 1. The highest BCUT2D eigenvalue weighted by Crippen LogP contribution is 2.37. The van der Waals surface area contributed by atoms with Crippen LogP contribution in [0.4, 0.5) is 0 Å². The first-order chi connectivity index (χ1) is 10.4. The van der Waals surface area contributed by atoms with Crippen molar-refractivity contribution in [2.75, 3.05) is 6.54 Å². The van der Waals surface area contributed by atoms with Gasteiger partial charge in [0.05, 0.1) is 4.88 Å². The summed E-state index contributed by atoms with van der Waals surface area (Å²) >= 11 is 1.00. The standard InChI is InChI=1S/C15H22N2O3S2/c1-10-9-13(22(16,19)20)21-14(10)15(18)17-8-4-6-11-5-2-3-7-12(11)17/h9,11-12H,2-8H2,1H3,(H2,16,19,20)/t11-,12-/m0/s1. The van der Waals surface area contributed by atoms with Crippen LogP contribution in [0.15, 0.2) is 10.3 Å². The number of thiophene rings is 1. The van der Waals surface area contributed by atoms with E-state index in [9.17, 15) is 13.2 Å². The molecular formula is C15H22N2O3S2. The molecule has 1 aliphatic heterocycles. The van der Waals surface area contributed by atoms with E-state index in [0.717, 1.165) is 30.7 Å².